The summed E-state index contributed by atoms with van der Waals surface area (Å²) in [6.07, 6.45) is 55.9. The minimum Gasteiger partial charge on any atom is -0.498 e. The molecular weight excluding hydrogens is 805 g/mol. The first kappa shape index (κ1) is 54.4. The molecule has 3 aliphatic rings. The fraction of sp³-hybridized carbons (Fsp3) is 0.475. The van der Waals surface area contributed by atoms with Gasteiger partial charge in [0, 0.05) is 29.2 Å². The summed E-state index contributed by atoms with van der Waals surface area (Å²) < 4.78 is 11.6. The summed E-state index contributed by atoms with van der Waals surface area (Å²) in [7, 11) is 0. The van der Waals surface area contributed by atoms with Crippen LogP contribution in [0.2, 0.25) is 0 Å². The Hall–Kier alpha value is -4.93. The summed E-state index contributed by atoms with van der Waals surface area (Å²) in [6.45, 7) is 17.9. The van der Waals surface area contributed by atoms with Crippen molar-refractivity contribution in [2.24, 2.45) is 10.8 Å². The topological polar surface area (TPSA) is 96.2 Å². The van der Waals surface area contributed by atoms with Crippen LogP contribution in [0, 0.1) is 22.7 Å². The van der Waals surface area contributed by atoms with Gasteiger partial charge in [0.15, 0.2) is 0 Å². The zero-order valence-electron chi connectivity index (χ0n) is 41.1. The molecule has 4 atom stereocenters. The van der Waals surface area contributed by atoms with Gasteiger partial charge in [0.25, 0.3) is 0 Å². The van der Waals surface area contributed by atoms with Gasteiger partial charge in [0.1, 0.15) is 17.5 Å². The summed E-state index contributed by atoms with van der Waals surface area (Å²) in [5.74, 6) is 6.67. The van der Waals surface area contributed by atoms with Crippen molar-refractivity contribution in [1.29, 1.82) is 0 Å². The van der Waals surface area contributed by atoms with Crippen LogP contribution in [0.5, 0.6) is 0 Å². The van der Waals surface area contributed by atoms with Crippen LogP contribution in [-0.4, -0.2) is 44.7 Å². The molecule has 352 valence electrons. The second-order valence-corrected chi connectivity index (χ2v) is 19.4. The molecule has 0 amide bonds. The molecule has 1 aliphatic heterocycles. The number of aliphatic hydroxyl groups is 3. The van der Waals surface area contributed by atoms with Crippen LogP contribution < -0.4 is 0 Å². The Labute approximate surface area is 393 Å². The molecule has 0 aromatic heterocycles. The summed E-state index contributed by atoms with van der Waals surface area (Å²) in [5.41, 5.74) is 0.413. The molecule has 6 heteroatoms. The van der Waals surface area contributed by atoms with E-state index in [2.05, 4.69) is 63.8 Å². The normalized spacial score (nSPS) is 26.2. The number of hydrogen-bond donors (Lipinski definition) is 3. The zero-order valence-corrected chi connectivity index (χ0v) is 41.1. The second kappa shape index (κ2) is 27.5. The number of unbranched alkanes of at least 4 members (excludes halogenated alkanes) is 8. The molecule has 65 heavy (non-hydrogen) atoms. The number of carbonyl (C=O) groups excluding carboxylic acids is 1. The summed E-state index contributed by atoms with van der Waals surface area (Å²) in [4.78, 5) is 12.6. The molecule has 0 unspecified atom stereocenters. The largest absolute Gasteiger partial charge is 0.498 e. The Morgan fingerprint density at radius 1 is 0.785 bits per heavy atom. The Kier molecular flexibility index (Phi) is 23.0. The van der Waals surface area contributed by atoms with Crippen molar-refractivity contribution in [3.8, 4) is 11.8 Å². The number of aliphatic hydroxyl groups excluding tert-OH is 1. The molecule has 2 aliphatic carbocycles. The third-order valence-corrected chi connectivity index (χ3v) is 12.4. The molecule has 1 saturated carbocycles. The average Bonchev–Trinajstić information content (AvgIpc) is 3.57. The molecular formula is C59H80O6. The van der Waals surface area contributed by atoms with E-state index in [1.54, 1.807) is 32.3 Å². The number of allylic oxidation sites excluding steroid dienone is 22. The Morgan fingerprint density at radius 2 is 1.37 bits per heavy atom. The lowest BCUT2D eigenvalue weighted by Gasteiger charge is -2.54. The van der Waals surface area contributed by atoms with Gasteiger partial charge in [-0.15, -0.1) is 0 Å². The predicted octanol–water partition coefficient (Wildman–Crippen LogP) is 13.9. The van der Waals surface area contributed by atoms with E-state index in [9.17, 15) is 20.1 Å². The van der Waals surface area contributed by atoms with E-state index >= 15 is 0 Å². The van der Waals surface area contributed by atoms with Crippen LogP contribution >= 0.6 is 0 Å². The average molecular weight is 885 g/mol. The Bertz CT molecular complexity index is 2040. The lowest BCUT2D eigenvalue weighted by atomic mass is 9.57. The second-order valence-electron chi connectivity index (χ2n) is 19.4. The van der Waals surface area contributed by atoms with Crippen molar-refractivity contribution in [1.82, 2.24) is 0 Å². The Balaban J connectivity index is 1.42. The molecule has 3 rings (SSSR count). The van der Waals surface area contributed by atoms with Gasteiger partial charge in [0.2, 0.25) is 0 Å². The third kappa shape index (κ3) is 18.8. The molecule has 0 aromatic rings. The SMILES string of the molecule is CCCCCCCCCC/C=C/C=C/C=C/C=C/C=C/C=C/O[C@@H]1CC(C)=C(C#C/C(C)=C/C=C/C=C/C=C(C)/C=C2C=C(/C=C/[C@@]3(O)C(C)(C)C[C@H](O)C[C@@]3(C)O)C(=O)O/2)C(C)(C)C1. The molecule has 0 saturated heterocycles. The Morgan fingerprint density at radius 3 is 2.00 bits per heavy atom. The molecule has 0 spiro atoms. The van der Waals surface area contributed by atoms with Crippen LogP contribution in [0.1, 0.15) is 146 Å². The van der Waals surface area contributed by atoms with E-state index in [-0.39, 0.29) is 23.5 Å². The highest BCUT2D eigenvalue weighted by atomic mass is 16.5. The maximum atomic E-state index is 12.6. The number of carbonyl (C=O) groups is 1. The molecule has 3 N–H and O–H groups in total. The fourth-order valence-electron chi connectivity index (χ4n) is 8.80. The summed E-state index contributed by atoms with van der Waals surface area (Å²) >= 11 is 0. The van der Waals surface area contributed by atoms with Crippen LogP contribution in [0.4, 0.5) is 0 Å². The first-order chi connectivity index (χ1) is 30.9. The van der Waals surface area contributed by atoms with E-state index < -0.39 is 28.7 Å². The predicted molar refractivity (Wildman–Crippen MR) is 272 cm³/mol. The molecule has 0 bridgehead atoms. The number of ether oxygens (including phenoxy) is 2. The van der Waals surface area contributed by atoms with Gasteiger partial charge < -0.3 is 24.8 Å². The van der Waals surface area contributed by atoms with Crippen LogP contribution in [0.3, 0.4) is 0 Å². The number of hydrogen-bond acceptors (Lipinski definition) is 6. The van der Waals surface area contributed by atoms with E-state index in [0.29, 0.717) is 12.2 Å². The van der Waals surface area contributed by atoms with Crippen molar-refractivity contribution in [3.63, 3.8) is 0 Å². The quantitative estimate of drug-likeness (QED) is 0.0329. The van der Waals surface area contributed by atoms with Crippen molar-refractivity contribution in [3.05, 3.63) is 167 Å². The van der Waals surface area contributed by atoms with E-state index in [1.165, 1.54) is 81.6 Å². The molecule has 1 heterocycles. The lowest BCUT2D eigenvalue weighted by molar-refractivity contribution is -0.216. The minimum absolute atomic E-state index is 0.0308. The third-order valence-electron chi connectivity index (χ3n) is 12.4. The molecule has 6 nitrogen and oxygen atoms in total. The minimum atomic E-state index is -1.65. The van der Waals surface area contributed by atoms with E-state index in [4.69, 9.17) is 9.47 Å². The van der Waals surface area contributed by atoms with Crippen LogP contribution in [0.15, 0.2) is 167 Å². The number of cyclic esters (lactones) is 1. The van der Waals surface area contributed by atoms with Gasteiger partial charge in [-0.3, -0.25) is 0 Å². The summed E-state index contributed by atoms with van der Waals surface area (Å²) in [6, 6.07) is 0. The van der Waals surface area contributed by atoms with Gasteiger partial charge in [-0.25, -0.2) is 4.79 Å². The monoisotopic (exact) mass is 885 g/mol. The van der Waals surface area contributed by atoms with Crippen molar-refractivity contribution < 1.29 is 29.6 Å². The number of esters is 1. The number of rotatable bonds is 22. The van der Waals surface area contributed by atoms with Gasteiger partial charge in [-0.1, -0.05) is 194 Å². The lowest BCUT2D eigenvalue weighted by Crippen LogP contribution is -2.65. The van der Waals surface area contributed by atoms with Gasteiger partial charge in [-0.2, -0.15) is 0 Å². The van der Waals surface area contributed by atoms with E-state index in [1.807, 2.05) is 92.8 Å². The van der Waals surface area contributed by atoms with Gasteiger partial charge >= 0.3 is 5.97 Å². The van der Waals surface area contributed by atoms with Gasteiger partial charge in [0.05, 0.1) is 23.5 Å². The molecule has 0 radical (unpaired) electrons. The van der Waals surface area contributed by atoms with Crippen molar-refractivity contribution >= 4 is 5.97 Å². The van der Waals surface area contributed by atoms with Crippen molar-refractivity contribution in [2.75, 3.05) is 0 Å². The fourth-order valence-corrected chi connectivity index (χ4v) is 8.80. The maximum Gasteiger partial charge on any atom is 0.343 e. The highest BCUT2D eigenvalue weighted by Gasteiger charge is 2.58. The standard InChI is InChI=1S/C59H80O6/c1-10-11-12-13-14-15-16-17-18-19-20-21-22-23-24-25-26-27-30-33-40-64-53-42-49(4)54(56(5,6)46-53)37-36-47(2)34-31-28-29-32-35-48(3)41-52-43-50(55(61)65-52)38-39-59(63)57(7,8)44-51(60)45-58(59,9)62/h19-35,38-41,43,51,53,60,62-63H,10-18,42,44-46H2,1-9H3/b20-19+,22-21+,24-23+,26-25+,30-27+,31-28+,32-29+,39-38+,40-33+,47-34+,48-35+,52-41-/t51-,53+,58+,59+/m0/s1. The van der Waals surface area contributed by atoms with Crippen molar-refractivity contribution in [2.45, 2.75) is 169 Å². The smallest absolute Gasteiger partial charge is 0.343 e. The van der Waals surface area contributed by atoms with Gasteiger partial charge in [-0.05, 0) is 94.9 Å². The van der Waals surface area contributed by atoms with Crippen LogP contribution in [0.25, 0.3) is 0 Å². The van der Waals surface area contributed by atoms with Crippen LogP contribution in [-0.2, 0) is 14.3 Å². The molecule has 1 fully saturated rings. The maximum absolute atomic E-state index is 12.6. The first-order valence-electron chi connectivity index (χ1n) is 23.9. The first-order valence-corrected chi connectivity index (χ1v) is 23.9. The van der Waals surface area contributed by atoms with E-state index in [0.717, 1.165) is 30.4 Å². The summed E-state index contributed by atoms with van der Waals surface area (Å²) in [5, 5.41) is 32.8. The highest BCUT2D eigenvalue weighted by Crippen LogP contribution is 2.50. The molecule has 0 aromatic carbocycles. The highest BCUT2D eigenvalue weighted by molar-refractivity contribution is 5.95. The zero-order chi connectivity index (χ0) is 47.8.